The number of carbonyl (C=O) groups excluding carboxylic acids is 1. The van der Waals surface area contributed by atoms with E-state index in [4.69, 9.17) is 4.52 Å². The topological polar surface area (TPSA) is 98.0 Å². The van der Waals surface area contributed by atoms with Crippen LogP contribution in [0.1, 0.15) is 55.4 Å². The van der Waals surface area contributed by atoms with Crippen LogP contribution in [0.3, 0.4) is 0 Å². The van der Waals surface area contributed by atoms with Gasteiger partial charge in [-0.25, -0.2) is 0 Å². The molecule has 7 nitrogen and oxygen atoms in total. The van der Waals surface area contributed by atoms with E-state index in [0.29, 0.717) is 23.6 Å². The van der Waals surface area contributed by atoms with Gasteiger partial charge in [0.2, 0.25) is 0 Å². The average molecular weight is 391 g/mol. The van der Waals surface area contributed by atoms with Crippen LogP contribution in [0.5, 0.6) is 0 Å². The molecule has 4 rings (SSSR count). The molecule has 3 heterocycles. The molecule has 1 amide bonds. The van der Waals surface area contributed by atoms with Crippen LogP contribution in [-0.4, -0.2) is 35.2 Å². The van der Waals surface area contributed by atoms with Crippen LogP contribution in [0.2, 0.25) is 0 Å². The Bertz CT molecular complexity index is 1080. The summed E-state index contributed by atoms with van der Waals surface area (Å²) in [6.45, 7) is 7.69. The molecule has 1 aromatic carbocycles. The minimum absolute atomic E-state index is 0.0238. The lowest BCUT2D eigenvalue weighted by Gasteiger charge is -2.35. The van der Waals surface area contributed by atoms with Crippen molar-refractivity contribution < 1.29 is 9.32 Å². The van der Waals surface area contributed by atoms with Crippen LogP contribution in [0.4, 0.5) is 5.69 Å². The number of aromatic nitrogens is 2. The van der Waals surface area contributed by atoms with Gasteiger partial charge >= 0.3 is 0 Å². The molecular formula is C22H25N5O2. The third-order valence-electron chi connectivity index (χ3n) is 5.40. The van der Waals surface area contributed by atoms with E-state index in [1.54, 1.807) is 6.07 Å². The Hall–Kier alpha value is -3.27. The number of anilines is 1. The third kappa shape index (κ3) is 3.70. The van der Waals surface area contributed by atoms with Gasteiger partial charge in [0.1, 0.15) is 11.8 Å². The number of hydrogen-bond donors (Lipinski definition) is 2. The third-order valence-corrected chi connectivity index (χ3v) is 5.40. The largest absolute Gasteiger partial charge is 0.369 e. The van der Waals surface area contributed by atoms with Crippen LogP contribution < -0.4 is 10.2 Å². The van der Waals surface area contributed by atoms with Crippen molar-refractivity contribution in [3.05, 3.63) is 47.5 Å². The predicted molar refractivity (Wildman–Crippen MR) is 111 cm³/mol. The molecule has 0 bridgehead atoms. The lowest BCUT2D eigenvalue weighted by molar-refractivity contribution is 0.0923. The number of nitrogens with one attached hydrogen (secondary N) is 2. The van der Waals surface area contributed by atoms with Crippen LogP contribution >= 0.6 is 0 Å². The second-order valence-electron chi connectivity index (χ2n) is 8.60. The van der Waals surface area contributed by atoms with E-state index in [-0.39, 0.29) is 17.4 Å². The van der Waals surface area contributed by atoms with Gasteiger partial charge in [0.15, 0.2) is 5.69 Å². The highest BCUT2D eigenvalue weighted by Gasteiger charge is 2.26. The number of nitriles is 1. The average Bonchev–Trinajstić information content (AvgIpc) is 3.37. The number of amides is 1. The molecule has 0 spiro atoms. The Morgan fingerprint density at radius 1 is 1.38 bits per heavy atom. The summed E-state index contributed by atoms with van der Waals surface area (Å²) in [6.07, 6.45) is 3.75. The first kappa shape index (κ1) is 19.1. The van der Waals surface area contributed by atoms with Crippen LogP contribution in [0, 0.1) is 11.3 Å². The van der Waals surface area contributed by atoms with E-state index in [1.807, 2.05) is 45.2 Å². The van der Waals surface area contributed by atoms with Crippen molar-refractivity contribution in [1.29, 1.82) is 5.26 Å². The summed E-state index contributed by atoms with van der Waals surface area (Å²) in [7, 11) is 0. The molecule has 2 aromatic heterocycles. The smallest absolute Gasteiger partial charge is 0.273 e. The number of H-pyrrole nitrogens is 1. The lowest BCUT2D eigenvalue weighted by atomic mass is 9.93. The maximum atomic E-state index is 12.7. The van der Waals surface area contributed by atoms with Crippen molar-refractivity contribution in [2.24, 2.45) is 0 Å². The second kappa shape index (κ2) is 7.28. The summed E-state index contributed by atoms with van der Waals surface area (Å²) < 4.78 is 5.34. The lowest BCUT2D eigenvalue weighted by Crippen LogP contribution is -2.48. The van der Waals surface area contributed by atoms with E-state index in [1.165, 1.54) is 0 Å². The Kier molecular flexibility index (Phi) is 4.79. The Morgan fingerprint density at radius 3 is 2.93 bits per heavy atom. The first-order valence-corrected chi connectivity index (χ1v) is 9.90. The SMILES string of the molecule is CC(C)(C)c1cc(C(=O)NC2CCCN(c3ccc(C#N)c4[nH]ccc34)C2)no1. The van der Waals surface area contributed by atoms with Gasteiger partial charge in [-0.1, -0.05) is 25.9 Å². The number of nitrogens with zero attached hydrogens (tertiary/aromatic N) is 3. The first-order valence-electron chi connectivity index (χ1n) is 9.90. The van der Waals surface area contributed by atoms with Gasteiger partial charge in [0.05, 0.1) is 11.1 Å². The van der Waals surface area contributed by atoms with E-state index in [9.17, 15) is 10.1 Å². The molecule has 1 saturated heterocycles. The zero-order valence-electron chi connectivity index (χ0n) is 17.0. The number of carbonyl (C=O) groups is 1. The van der Waals surface area contributed by atoms with Crippen molar-refractivity contribution in [2.45, 2.75) is 45.1 Å². The second-order valence-corrected chi connectivity index (χ2v) is 8.60. The maximum absolute atomic E-state index is 12.7. The standard InChI is InChI=1S/C22H25N5O2/c1-22(2,3)19-11-17(26-29-19)21(28)25-15-5-4-10-27(13-15)18-7-6-14(12-23)20-16(18)8-9-24-20/h6-9,11,15,24H,4-5,10,13H2,1-3H3,(H,25,28). The molecule has 150 valence electrons. The summed E-state index contributed by atoms with van der Waals surface area (Å²) in [4.78, 5) is 18.1. The molecule has 0 radical (unpaired) electrons. The molecule has 1 aliphatic rings. The van der Waals surface area contributed by atoms with Crippen molar-refractivity contribution in [3.63, 3.8) is 0 Å². The summed E-state index contributed by atoms with van der Waals surface area (Å²) in [5.74, 6) is 0.489. The molecule has 1 fully saturated rings. The number of fused-ring (bicyclic) bond motifs is 1. The molecule has 1 atom stereocenters. The van der Waals surface area contributed by atoms with Gasteiger partial charge in [-0.15, -0.1) is 0 Å². The van der Waals surface area contributed by atoms with Crippen molar-refractivity contribution in [3.8, 4) is 6.07 Å². The van der Waals surface area contributed by atoms with E-state index in [2.05, 4.69) is 26.4 Å². The summed E-state index contributed by atoms with van der Waals surface area (Å²) in [5.41, 5.74) is 2.70. The summed E-state index contributed by atoms with van der Waals surface area (Å²) in [6, 6.07) is 9.81. The van der Waals surface area contributed by atoms with Crippen LogP contribution in [0.15, 0.2) is 35.0 Å². The fraction of sp³-hybridized carbons (Fsp3) is 0.409. The zero-order valence-corrected chi connectivity index (χ0v) is 17.0. The van der Waals surface area contributed by atoms with Gasteiger partial charge in [0.25, 0.3) is 5.91 Å². The minimum atomic E-state index is -0.206. The highest BCUT2D eigenvalue weighted by atomic mass is 16.5. The van der Waals surface area contributed by atoms with Crippen LogP contribution in [0.25, 0.3) is 10.9 Å². The molecule has 1 unspecified atom stereocenters. The molecule has 3 aromatic rings. The number of benzene rings is 1. The molecule has 7 heteroatoms. The Balaban J connectivity index is 1.49. The highest BCUT2D eigenvalue weighted by molar-refractivity contribution is 5.96. The van der Waals surface area contributed by atoms with Crippen LogP contribution in [-0.2, 0) is 5.41 Å². The maximum Gasteiger partial charge on any atom is 0.273 e. The molecule has 2 N–H and O–H groups in total. The minimum Gasteiger partial charge on any atom is -0.369 e. The quantitative estimate of drug-likeness (QED) is 0.709. The van der Waals surface area contributed by atoms with Gasteiger partial charge in [0, 0.05) is 47.9 Å². The summed E-state index contributed by atoms with van der Waals surface area (Å²) >= 11 is 0. The van der Waals surface area contributed by atoms with E-state index in [0.717, 1.165) is 36.0 Å². The molecule has 29 heavy (non-hydrogen) atoms. The zero-order chi connectivity index (χ0) is 20.6. The molecule has 0 saturated carbocycles. The van der Waals surface area contributed by atoms with Gasteiger partial charge < -0.3 is 19.7 Å². The number of hydrogen-bond acceptors (Lipinski definition) is 5. The van der Waals surface area contributed by atoms with E-state index >= 15 is 0 Å². The predicted octanol–water partition coefficient (Wildman–Crippen LogP) is 3.72. The number of piperidine rings is 1. The molecular weight excluding hydrogens is 366 g/mol. The Labute approximate surface area is 169 Å². The molecule has 0 aliphatic carbocycles. The van der Waals surface area contributed by atoms with Crippen molar-refractivity contribution in [1.82, 2.24) is 15.5 Å². The van der Waals surface area contributed by atoms with Crippen molar-refractivity contribution in [2.75, 3.05) is 18.0 Å². The monoisotopic (exact) mass is 391 g/mol. The summed E-state index contributed by atoms with van der Waals surface area (Å²) in [5, 5.41) is 17.4. The number of aromatic amines is 1. The van der Waals surface area contributed by atoms with Crippen molar-refractivity contribution >= 4 is 22.5 Å². The van der Waals surface area contributed by atoms with E-state index < -0.39 is 0 Å². The fourth-order valence-corrected chi connectivity index (χ4v) is 3.82. The fourth-order valence-electron chi connectivity index (χ4n) is 3.82. The van der Waals surface area contributed by atoms with Gasteiger partial charge in [-0.05, 0) is 31.0 Å². The van der Waals surface area contributed by atoms with Gasteiger partial charge in [-0.3, -0.25) is 4.79 Å². The Morgan fingerprint density at radius 2 is 2.21 bits per heavy atom. The highest BCUT2D eigenvalue weighted by Crippen LogP contribution is 2.30. The number of rotatable bonds is 3. The molecule has 1 aliphatic heterocycles. The first-order chi connectivity index (χ1) is 13.9. The normalized spacial score (nSPS) is 17.3. The van der Waals surface area contributed by atoms with Gasteiger partial charge in [-0.2, -0.15) is 5.26 Å².